The van der Waals surface area contributed by atoms with E-state index in [2.05, 4.69) is 9.88 Å². The summed E-state index contributed by atoms with van der Waals surface area (Å²) in [5, 5.41) is 0.527. The number of amides is 1. The van der Waals surface area contributed by atoms with Crippen molar-refractivity contribution in [2.24, 2.45) is 0 Å². The molecule has 4 rings (SSSR count). The molecule has 1 amide bonds. The van der Waals surface area contributed by atoms with Crippen molar-refractivity contribution < 1.29 is 9.53 Å². The van der Waals surface area contributed by atoms with Crippen molar-refractivity contribution in [3.8, 4) is 5.75 Å². The van der Waals surface area contributed by atoms with Crippen LogP contribution in [-0.2, 0) is 11.3 Å². The Morgan fingerprint density at radius 2 is 1.75 bits per heavy atom. The fourth-order valence-electron chi connectivity index (χ4n) is 3.55. The zero-order valence-electron chi connectivity index (χ0n) is 15.7. The van der Waals surface area contributed by atoms with Crippen LogP contribution < -0.4 is 15.2 Å². The lowest BCUT2D eigenvalue weighted by atomic mass is 10.2. The van der Waals surface area contributed by atoms with Crippen LogP contribution in [0.25, 0.3) is 10.9 Å². The van der Waals surface area contributed by atoms with Crippen LogP contribution in [0.15, 0.2) is 59.7 Å². The Balaban J connectivity index is 1.43. The lowest BCUT2D eigenvalue weighted by Gasteiger charge is -2.36. The van der Waals surface area contributed by atoms with E-state index < -0.39 is 0 Å². The largest absolute Gasteiger partial charge is 0.495 e. The first-order chi connectivity index (χ1) is 13.7. The minimum Gasteiger partial charge on any atom is -0.495 e. The molecule has 1 aliphatic rings. The molecule has 7 nitrogen and oxygen atoms in total. The van der Waals surface area contributed by atoms with Crippen LogP contribution in [0.2, 0.25) is 0 Å². The van der Waals surface area contributed by atoms with Crippen LogP contribution in [0.4, 0.5) is 5.69 Å². The Morgan fingerprint density at radius 1 is 1.04 bits per heavy atom. The Hall–Kier alpha value is -3.35. The molecular weight excluding hydrogens is 356 g/mol. The van der Waals surface area contributed by atoms with Gasteiger partial charge in [-0.25, -0.2) is 4.98 Å². The number of hydrogen-bond donors (Lipinski definition) is 0. The van der Waals surface area contributed by atoms with Crippen LogP contribution >= 0.6 is 0 Å². The smallest absolute Gasteiger partial charge is 0.261 e. The number of para-hydroxylation sites is 3. The second kappa shape index (κ2) is 7.72. The van der Waals surface area contributed by atoms with E-state index >= 15 is 0 Å². The summed E-state index contributed by atoms with van der Waals surface area (Å²) in [4.78, 5) is 33.6. The van der Waals surface area contributed by atoms with Crippen LogP contribution in [0.1, 0.15) is 0 Å². The number of carbonyl (C=O) groups is 1. The van der Waals surface area contributed by atoms with Gasteiger partial charge in [0, 0.05) is 26.2 Å². The van der Waals surface area contributed by atoms with E-state index in [9.17, 15) is 9.59 Å². The normalized spacial score (nSPS) is 14.3. The minimum atomic E-state index is -0.188. The molecule has 144 valence electrons. The molecule has 0 atom stereocenters. The molecule has 0 radical (unpaired) electrons. The van der Waals surface area contributed by atoms with E-state index in [-0.39, 0.29) is 18.0 Å². The molecule has 1 aromatic heterocycles. The predicted molar refractivity (Wildman–Crippen MR) is 108 cm³/mol. The first kappa shape index (κ1) is 18.0. The quantitative estimate of drug-likeness (QED) is 0.692. The van der Waals surface area contributed by atoms with Gasteiger partial charge in [-0.3, -0.25) is 14.2 Å². The second-order valence-electron chi connectivity index (χ2n) is 6.73. The molecule has 2 heterocycles. The number of carbonyl (C=O) groups excluding carboxylic acids is 1. The molecule has 0 spiro atoms. The van der Waals surface area contributed by atoms with Gasteiger partial charge in [-0.2, -0.15) is 0 Å². The molecule has 0 aliphatic carbocycles. The van der Waals surface area contributed by atoms with Crippen molar-refractivity contribution in [3.05, 3.63) is 65.2 Å². The van der Waals surface area contributed by atoms with Crippen molar-refractivity contribution in [3.63, 3.8) is 0 Å². The van der Waals surface area contributed by atoms with E-state index in [0.29, 0.717) is 24.0 Å². The second-order valence-corrected chi connectivity index (χ2v) is 6.73. The lowest BCUT2D eigenvalue weighted by Crippen LogP contribution is -2.50. The van der Waals surface area contributed by atoms with Gasteiger partial charge in [0.25, 0.3) is 5.56 Å². The number of fused-ring (bicyclic) bond motifs is 1. The molecule has 1 aliphatic heterocycles. The fourth-order valence-corrected chi connectivity index (χ4v) is 3.55. The molecule has 28 heavy (non-hydrogen) atoms. The molecule has 3 aromatic rings. The Bertz CT molecular complexity index is 1050. The topological polar surface area (TPSA) is 67.7 Å². The number of hydrogen-bond acceptors (Lipinski definition) is 5. The van der Waals surface area contributed by atoms with Crippen LogP contribution in [0.5, 0.6) is 5.75 Å². The minimum absolute atomic E-state index is 0.00528. The van der Waals surface area contributed by atoms with Crippen LogP contribution in [0, 0.1) is 0 Å². The number of aromatic nitrogens is 2. The first-order valence-electron chi connectivity index (χ1n) is 9.27. The van der Waals surface area contributed by atoms with Gasteiger partial charge in [-0.15, -0.1) is 0 Å². The molecule has 1 saturated heterocycles. The maximum absolute atomic E-state index is 12.7. The Morgan fingerprint density at radius 3 is 2.54 bits per heavy atom. The number of anilines is 1. The third-order valence-electron chi connectivity index (χ3n) is 5.10. The summed E-state index contributed by atoms with van der Waals surface area (Å²) in [6.07, 6.45) is 1.45. The number of ether oxygens (including phenoxy) is 1. The van der Waals surface area contributed by atoms with E-state index in [4.69, 9.17) is 4.74 Å². The van der Waals surface area contributed by atoms with Gasteiger partial charge < -0.3 is 14.5 Å². The highest BCUT2D eigenvalue weighted by Gasteiger charge is 2.23. The maximum atomic E-state index is 12.7. The zero-order valence-corrected chi connectivity index (χ0v) is 15.7. The average molecular weight is 378 g/mol. The molecule has 0 saturated carbocycles. The summed E-state index contributed by atoms with van der Waals surface area (Å²) in [6, 6.07) is 15.0. The third kappa shape index (κ3) is 3.43. The number of methoxy groups -OCH3 is 1. The van der Waals surface area contributed by atoms with Gasteiger partial charge in [0.2, 0.25) is 5.91 Å². The van der Waals surface area contributed by atoms with Gasteiger partial charge >= 0.3 is 0 Å². The van der Waals surface area contributed by atoms with E-state index in [1.807, 2.05) is 30.3 Å². The molecule has 7 heteroatoms. The van der Waals surface area contributed by atoms with Gasteiger partial charge in [-0.1, -0.05) is 24.3 Å². The fraction of sp³-hybridized carbons (Fsp3) is 0.286. The van der Waals surface area contributed by atoms with Gasteiger partial charge in [0.05, 0.1) is 30.0 Å². The highest BCUT2D eigenvalue weighted by atomic mass is 16.5. The summed E-state index contributed by atoms with van der Waals surface area (Å²) >= 11 is 0. The standard InChI is InChI=1S/C21H22N4O3/c1-28-19-9-5-4-8-18(19)23-10-12-24(13-11-23)20(26)14-25-15-22-17-7-3-2-6-16(17)21(25)27/h2-9,15H,10-14H2,1H3. The molecule has 0 unspecified atom stereocenters. The van der Waals surface area contributed by atoms with E-state index in [0.717, 1.165) is 24.5 Å². The SMILES string of the molecule is COc1ccccc1N1CCN(C(=O)Cn2cnc3ccccc3c2=O)CC1. The number of rotatable bonds is 4. The average Bonchev–Trinajstić information content (AvgIpc) is 2.76. The summed E-state index contributed by atoms with van der Waals surface area (Å²) < 4.78 is 6.82. The predicted octanol–water partition coefficient (Wildman–Crippen LogP) is 1.75. The van der Waals surface area contributed by atoms with Crippen molar-refractivity contribution in [2.75, 3.05) is 38.2 Å². The highest BCUT2D eigenvalue weighted by Crippen LogP contribution is 2.28. The number of piperazine rings is 1. The van der Waals surface area contributed by atoms with Gasteiger partial charge in [-0.05, 0) is 24.3 Å². The summed E-state index contributed by atoms with van der Waals surface area (Å²) in [5.41, 5.74) is 1.49. The first-order valence-corrected chi connectivity index (χ1v) is 9.27. The molecule has 1 fully saturated rings. The Kier molecular flexibility index (Phi) is 4.97. The number of nitrogens with zero attached hydrogens (tertiary/aromatic N) is 4. The van der Waals surface area contributed by atoms with Crippen molar-refractivity contribution in [1.82, 2.24) is 14.5 Å². The molecule has 2 aromatic carbocycles. The third-order valence-corrected chi connectivity index (χ3v) is 5.10. The van der Waals surface area contributed by atoms with E-state index in [1.54, 1.807) is 30.2 Å². The van der Waals surface area contributed by atoms with Crippen molar-refractivity contribution in [2.45, 2.75) is 6.54 Å². The Labute approximate surface area is 162 Å². The van der Waals surface area contributed by atoms with Crippen LogP contribution in [-0.4, -0.2) is 53.6 Å². The number of benzene rings is 2. The van der Waals surface area contributed by atoms with Crippen molar-refractivity contribution in [1.29, 1.82) is 0 Å². The van der Waals surface area contributed by atoms with Gasteiger partial charge in [0.1, 0.15) is 12.3 Å². The molecule has 0 N–H and O–H groups in total. The summed E-state index contributed by atoms with van der Waals surface area (Å²) in [5.74, 6) is 0.759. The molecule has 0 bridgehead atoms. The maximum Gasteiger partial charge on any atom is 0.261 e. The monoisotopic (exact) mass is 378 g/mol. The van der Waals surface area contributed by atoms with Crippen LogP contribution in [0.3, 0.4) is 0 Å². The van der Waals surface area contributed by atoms with Gasteiger partial charge in [0.15, 0.2) is 0 Å². The molecular formula is C21H22N4O3. The van der Waals surface area contributed by atoms with E-state index in [1.165, 1.54) is 10.9 Å². The summed E-state index contributed by atoms with van der Waals surface area (Å²) in [7, 11) is 1.66. The summed E-state index contributed by atoms with van der Waals surface area (Å²) in [6.45, 7) is 2.65. The van der Waals surface area contributed by atoms with Crippen molar-refractivity contribution >= 4 is 22.5 Å². The highest BCUT2D eigenvalue weighted by molar-refractivity contribution is 5.79. The lowest BCUT2D eigenvalue weighted by molar-refractivity contribution is -0.132. The zero-order chi connectivity index (χ0) is 19.5.